The zero-order chi connectivity index (χ0) is 25.8. The third-order valence-electron chi connectivity index (χ3n) is 4.89. The van der Waals surface area contributed by atoms with Gasteiger partial charge in [-0.1, -0.05) is 23.3 Å². The Morgan fingerprint density at radius 2 is 1.74 bits per heavy atom. The lowest BCUT2D eigenvalue weighted by Gasteiger charge is -2.27. The number of guanidine groups is 1. The summed E-state index contributed by atoms with van der Waals surface area (Å²) >= 11 is 1.57. The summed E-state index contributed by atoms with van der Waals surface area (Å²) in [5.41, 5.74) is 11.4. The molecule has 12 heteroatoms. The molecule has 0 radical (unpaired) electrons. The van der Waals surface area contributed by atoms with Crippen molar-refractivity contribution in [3.63, 3.8) is 0 Å². The fourth-order valence-corrected chi connectivity index (χ4v) is 3.46. The zero-order valence-corrected chi connectivity index (χ0v) is 20.3. The van der Waals surface area contributed by atoms with E-state index in [2.05, 4.69) is 20.5 Å². The Labute approximate surface area is 207 Å². The van der Waals surface area contributed by atoms with E-state index in [1.807, 2.05) is 18.4 Å². The molecule has 0 saturated heterocycles. The van der Waals surface area contributed by atoms with Crippen LogP contribution in [0.3, 0.4) is 0 Å². The summed E-state index contributed by atoms with van der Waals surface area (Å²) in [5.74, 6) is -1.96. The molecule has 0 spiro atoms. The molecule has 0 aromatic heterocycles. The van der Waals surface area contributed by atoms with Crippen molar-refractivity contribution in [3.8, 4) is 0 Å². The van der Waals surface area contributed by atoms with Gasteiger partial charge in [-0.15, -0.1) is 16.9 Å². The number of thioether (sulfide) groups is 1. The van der Waals surface area contributed by atoms with E-state index < -0.39 is 30.0 Å². The highest BCUT2D eigenvalue weighted by Gasteiger charge is 2.30. The van der Waals surface area contributed by atoms with Gasteiger partial charge in [-0.05, 0) is 62.4 Å². The molecule has 0 aliphatic carbocycles. The Morgan fingerprint density at radius 1 is 1.09 bits per heavy atom. The van der Waals surface area contributed by atoms with Gasteiger partial charge in [0.25, 0.3) is 0 Å². The van der Waals surface area contributed by atoms with Crippen molar-refractivity contribution in [2.24, 2.45) is 26.7 Å². The van der Waals surface area contributed by atoms with Gasteiger partial charge in [-0.2, -0.15) is 0 Å². The highest BCUT2D eigenvalue weighted by molar-refractivity contribution is 7.98. The number of carboxylic acid groups (broad SMARTS) is 1. The van der Waals surface area contributed by atoms with E-state index in [1.54, 1.807) is 54.2 Å². The normalized spacial score (nSPS) is 12.5. The van der Waals surface area contributed by atoms with Gasteiger partial charge in [0, 0.05) is 17.1 Å². The maximum absolute atomic E-state index is 13.0. The SMILES string of the molecule is CSc1ccc(N=NC(=O)N(c2ccccc2)C(C)C(=O)NC(CCCN=C(N)N)C(=O)O)cc1. The monoisotopic (exact) mass is 499 g/mol. The number of aliphatic carboxylic acids is 1. The molecule has 0 aliphatic heterocycles. The first kappa shape index (κ1) is 27.3. The fourth-order valence-electron chi connectivity index (χ4n) is 3.06. The summed E-state index contributed by atoms with van der Waals surface area (Å²) in [6, 6.07) is 12.6. The van der Waals surface area contributed by atoms with Crippen LogP contribution in [-0.2, 0) is 9.59 Å². The number of amides is 3. The first-order valence-corrected chi connectivity index (χ1v) is 12.0. The van der Waals surface area contributed by atoms with Crippen molar-refractivity contribution in [3.05, 3.63) is 54.6 Å². The van der Waals surface area contributed by atoms with Crippen LogP contribution in [0.25, 0.3) is 0 Å². The van der Waals surface area contributed by atoms with Gasteiger partial charge < -0.3 is 21.9 Å². The second-order valence-corrected chi connectivity index (χ2v) is 8.29. The van der Waals surface area contributed by atoms with Gasteiger partial charge in [-0.25, -0.2) is 9.59 Å². The maximum atomic E-state index is 13.0. The van der Waals surface area contributed by atoms with Crippen molar-refractivity contribution < 1.29 is 19.5 Å². The highest BCUT2D eigenvalue weighted by atomic mass is 32.2. The molecule has 2 rings (SSSR count). The molecule has 2 aromatic rings. The summed E-state index contributed by atoms with van der Waals surface area (Å²) in [6.45, 7) is 1.71. The van der Waals surface area contributed by atoms with Crippen molar-refractivity contribution >= 4 is 47.0 Å². The van der Waals surface area contributed by atoms with Crippen LogP contribution in [0.15, 0.2) is 74.7 Å². The van der Waals surface area contributed by atoms with Crippen LogP contribution < -0.4 is 21.7 Å². The van der Waals surface area contributed by atoms with Gasteiger partial charge in [0.2, 0.25) is 5.91 Å². The minimum Gasteiger partial charge on any atom is -0.480 e. The summed E-state index contributed by atoms with van der Waals surface area (Å²) in [7, 11) is 0. The molecule has 3 amide bonds. The number of carbonyl (C=O) groups excluding carboxylic acids is 2. The fraction of sp³-hybridized carbons (Fsp3) is 0.304. The highest BCUT2D eigenvalue weighted by Crippen LogP contribution is 2.22. The van der Waals surface area contributed by atoms with Crippen LogP contribution in [-0.4, -0.2) is 53.9 Å². The number of hydrogen-bond acceptors (Lipinski definition) is 6. The smallest absolute Gasteiger partial charge is 0.367 e. The van der Waals surface area contributed by atoms with Crippen LogP contribution in [0.1, 0.15) is 19.8 Å². The number of urea groups is 1. The van der Waals surface area contributed by atoms with Gasteiger partial charge in [0.1, 0.15) is 12.1 Å². The Bertz CT molecular complexity index is 1060. The number of nitrogens with two attached hydrogens (primary N) is 2. The lowest BCUT2D eigenvalue weighted by Crippen LogP contribution is -2.51. The number of carboxylic acids is 1. The molecular weight excluding hydrogens is 470 g/mol. The molecule has 0 saturated carbocycles. The molecule has 6 N–H and O–H groups in total. The van der Waals surface area contributed by atoms with Crippen molar-refractivity contribution in [1.29, 1.82) is 0 Å². The topological polar surface area (TPSA) is 176 Å². The number of nitrogens with one attached hydrogen (secondary N) is 1. The lowest BCUT2D eigenvalue weighted by atomic mass is 10.1. The second-order valence-electron chi connectivity index (χ2n) is 7.41. The number of carbonyl (C=O) groups is 3. The largest absolute Gasteiger partial charge is 0.480 e. The van der Waals surface area contributed by atoms with Crippen LogP contribution in [0.4, 0.5) is 16.2 Å². The third kappa shape index (κ3) is 8.74. The molecule has 186 valence electrons. The van der Waals surface area contributed by atoms with Crippen LogP contribution in [0, 0.1) is 0 Å². The molecule has 0 aliphatic rings. The number of anilines is 1. The third-order valence-corrected chi connectivity index (χ3v) is 5.63. The van der Waals surface area contributed by atoms with Crippen molar-refractivity contribution in [2.45, 2.75) is 36.7 Å². The van der Waals surface area contributed by atoms with Crippen molar-refractivity contribution in [1.82, 2.24) is 5.32 Å². The number of benzene rings is 2. The number of nitrogens with zero attached hydrogens (tertiary/aromatic N) is 4. The number of hydrogen-bond donors (Lipinski definition) is 4. The standard InChI is InChI=1S/C23H29N7O4S/c1-15(20(31)27-19(21(32)33)9-6-14-26-22(24)25)30(17-7-4-3-5-8-17)23(34)29-28-16-10-12-18(35-2)13-11-16/h3-5,7-8,10-13,15,19H,6,9,14H2,1-2H3,(H,27,31)(H,32,33)(H4,24,25,26). The van der Waals surface area contributed by atoms with Gasteiger partial charge >= 0.3 is 12.0 Å². The number of rotatable bonds is 11. The Morgan fingerprint density at radius 3 is 2.31 bits per heavy atom. The molecular formula is C23H29N7O4S. The number of azo groups is 1. The minimum atomic E-state index is -1.21. The molecule has 2 aromatic carbocycles. The lowest BCUT2D eigenvalue weighted by molar-refractivity contribution is -0.142. The van der Waals surface area contributed by atoms with Crippen LogP contribution >= 0.6 is 11.8 Å². The van der Waals surface area contributed by atoms with E-state index in [9.17, 15) is 19.5 Å². The maximum Gasteiger partial charge on any atom is 0.367 e. The second kappa shape index (κ2) is 13.7. The van der Waals surface area contributed by atoms with E-state index >= 15 is 0 Å². The summed E-state index contributed by atoms with van der Waals surface area (Å²) < 4.78 is 0. The van der Waals surface area contributed by atoms with Gasteiger partial charge in [0.05, 0.1) is 5.69 Å². The van der Waals surface area contributed by atoms with E-state index in [4.69, 9.17) is 11.5 Å². The molecule has 2 atom stereocenters. The average molecular weight is 500 g/mol. The zero-order valence-electron chi connectivity index (χ0n) is 19.5. The number of para-hydroxylation sites is 1. The first-order chi connectivity index (χ1) is 16.7. The van der Waals surface area contributed by atoms with E-state index in [1.165, 1.54) is 6.92 Å². The molecule has 11 nitrogen and oxygen atoms in total. The molecule has 2 unspecified atom stereocenters. The van der Waals surface area contributed by atoms with Gasteiger partial charge in [0.15, 0.2) is 5.96 Å². The van der Waals surface area contributed by atoms with E-state index in [-0.39, 0.29) is 18.9 Å². The summed E-state index contributed by atoms with van der Waals surface area (Å²) in [6.07, 6.45) is 2.40. The summed E-state index contributed by atoms with van der Waals surface area (Å²) in [5, 5.41) is 19.8. The quantitative estimate of drug-likeness (QED) is 0.121. The van der Waals surface area contributed by atoms with Gasteiger partial charge in [-0.3, -0.25) is 14.7 Å². The molecule has 0 heterocycles. The predicted molar refractivity (Wildman–Crippen MR) is 136 cm³/mol. The van der Waals surface area contributed by atoms with Crippen LogP contribution in [0.2, 0.25) is 0 Å². The van der Waals surface area contributed by atoms with E-state index in [0.29, 0.717) is 17.8 Å². The Balaban J connectivity index is 2.18. The number of aliphatic imine (C=N–C) groups is 1. The Hall–Kier alpha value is -3.93. The minimum absolute atomic E-state index is 0.0964. The Kier molecular flexibility index (Phi) is 10.7. The average Bonchev–Trinajstić information content (AvgIpc) is 2.85. The molecule has 35 heavy (non-hydrogen) atoms. The molecule has 0 fully saturated rings. The predicted octanol–water partition coefficient (Wildman–Crippen LogP) is 3.13. The van der Waals surface area contributed by atoms with Crippen molar-refractivity contribution in [2.75, 3.05) is 17.7 Å². The van der Waals surface area contributed by atoms with Crippen LogP contribution in [0.5, 0.6) is 0 Å². The van der Waals surface area contributed by atoms with E-state index in [0.717, 1.165) is 9.80 Å². The molecule has 0 bridgehead atoms. The summed E-state index contributed by atoms with van der Waals surface area (Å²) in [4.78, 5) is 43.6. The first-order valence-electron chi connectivity index (χ1n) is 10.8.